The van der Waals surface area contributed by atoms with Crippen molar-refractivity contribution in [3.05, 3.63) is 64.9 Å². The van der Waals surface area contributed by atoms with E-state index < -0.39 is 11.7 Å². The van der Waals surface area contributed by atoms with Crippen molar-refractivity contribution in [1.82, 2.24) is 10.6 Å². The van der Waals surface area contributed by atoms with E-state index in [1.807, 2.05) is 13.8 Å². The van der Waals surface area contributed by atoms with Gasteiger partial charge in [-0.3, -0.25) is 4.79 Å². The van der Waals surface area contributed by atoms with Crippen LogP contribution in [0.15, 0.2) is 53.8 Å². The predicted molar refractivity (Wildman–Crippen MR) is 103 cm³/mol. The van der Waals surface area contributed by atoms with Crippen LogP contribution in [-0.4, -0.2) is 26.4 Å². The Bertz CT molecular complexity index is 707. The molecule has 0 fully saturated rings. The number of carbonyl (C=O) groups is 1. The van der Waals surface area contributed by atoms with Crippen LogP contribution >= 0.6 is 0 Å². The quantitative estimate of drug-likeness (QED) is 0.248. The van der Waals surface area contributed by atoms with Gasteiger partial charge in [0.1, 0.15) is 6.29 Å². The van der Waals surface area contributed by atoms with Crippen LogP contribution < -0.4 is 16.0 Å². The normalized spacial score (nSPS) is 13.3. The van der Waals surface area contributed by atoms with Gasteiger partial charge in [-0.1, -0.05) is 18.2 Å². The van der Waals surface area contributed by atoms with Gasteiger partial charge in [0, 0.05) is 31.5 Å². The largest absolute Gasteiger partial charge is 0.416 e. The average Bonchev–Trinajstić information content (AvgIpc) is 2.63. The summed E-state index contributed by atoms with van der Waals surface area (Å²) in [6.45, 7) is 5.10. The molecule has 0 aromatic heterocycles. The SMILES string of the molecule is CNCCNCc1ccc(N\C=C(C)/C(C)=C\C=C\C=O)cc1C(F)(F)F. The molecule has 4 nitrogen and oxygen atoms in total. The fraction of sp³-hybridized carbons (Fsp3) is 0.350. The van der Waals surface area contributed by atoms with Gasteiger partial charge < -0.3 is 16.0 Å². The maximum absolute atomic E-state index is 13.4. The lowest BCUT2D eigenvalue weighted by Crippen LogP contribution is -2.25. The number of rotatable bonds is 10. The van der Waals surface area contributed by atoms with E-state index in [1.54, 1.807) is 31.5 Å². The molecular formula is C20H26F3N3O. The standard InChI is InChI=1S/C20H26F3N3O/c1-15(6-4-5-11-27)16(2)13-26-18-8-7-17(14-25-10-9-24-3)19(12-18)20(21,22)23/h4-8,11-13,24-26H,9-10,14H2,1-3H3/b5-4+,15-6-,16-13-. The van der Waals surface area contributed by atoms with E-state index in [9.17, 15) is 18.0 Å². The molecular weight excluding hydrogens is 355 g/mol. The van der Waals surface area contributed by atoms with Crippen LogP contribution in [-0.2, 0) is 17.5 Å². The number of nitrogens with one attached hydrogen (secondary N) is 3. The lowest BCUT2D eigenvalue weighted by Gasteiger charge is -2.15. The third kappa shape index (κ3) is 8.23. The van der Waals surface area contributed by atoms with Crippen LogP contribution in [0.3, 0.4) is 0 Å². The lowest BCUT2D eigenvalue weighted by molar-refractivity contribution is -0.138. The molecule has 1 aromatic rings. The van der Waals surface area contributed by atoms with Crippen molar-refractivity contribution in [3.8, 4) is 0 Å². The summed E-state index contributed by atoms with van der Waals surface area (Å²) in [5.74, 6) is 0. The molecule has 148 valence electrons. The molecule has 0 aliphatic rings. The minimum Gasteiger partial charge on any atom is -0.361 e. The molecule has 0 unspecified atom stereocenters. The van der Waals surface area contributed by atoms with E-state index in [-0.39, 0.29) is 12.1 Å². The third-order valence-electron chi connectivity index (χ3n) is 3.90. The van der Waals surface area contributed by atoms with Crippen molar-refractivity contribution in [2.24, 2.45) is 0 Å². The van der Waals surface area contributed by atoms with Crippen LogP contribution in [0.1, 0.15) is 25.0 Å². The summed E-state index contributed by atoms with van der Waals surface area (Å²) in [6.07, 6.45) is 2.62. The first-order chi connectivity index (χ1) is 12.8. The van der Waals surface area contributed by atoms with Crippen LogP contribution in [0.5, 0.6) is 0 Å². The van der Waals surface area contributed by atoms with Gasteiger partial charge >= 0.3 is 6.18 Å². The maximum Gasteiger partial charge on any atom is 0.416 e. The second-order valence-electron chi connectivity index (χ2n) is 5.99. The Hall–Kier alpha value is -2.38. The van der Waals surface area contributed by atoms with Crippen molar-refractivity contribution in [2.75, 3.05) is 25.5 Å². The molecule has 0 heterocycles. The summed E-state index contributed by atoms with van der Waals surface area (Å²) < 4.78 is 40.1. The fourth-order valence-electron chi connectivity index (χ4n) is 2.20. The third-order valence-corrected chi connectivity index (χ3v) is 3.90. The van der Waals surface area contributed by atoms with E-state index in [0.29, 0.717) is 25.1 Å². The molecule has 0 saturated carbocycles. The topological polar surface area (TPSA) is 53.2 Å². The highest BCUT2D eigenvalue weighted by Crippen LogP contribution is 2.34. The first-order valence-corrected chi connectivity index (χ1v) is 8.57. The molecule has 7 heteroatoms. The van der Waals surface area contributed by atoms with Crippen molar-refractivity contribution in [3.63, 3.8) is 0 Å². The number of halogens is 3. The van der Waals surface area contributed by atoms with Crippen molar-refractivity contribution < 1.29 is 18.0 Å². The van der Waals surface area contributed by atoms with Crippen molar-refractivity contribution >= 4 is 12.0 Å². The molecule has 0 aliphatic carbocycles. The van der Waals surface area contributed by atoms with E-state index in [4.69, 9.17) is 0 Å². The Morgan fingerprint density at radius 2 is 1.85 bits per heavy atom. The molecule has 0 bridgehead atoms. The summed E-state index contributed by atoms with van der Waals surface area (Å²) in [5, 5.41) is 8.83. The highest BCUT2D eigenvalue weighted by Gasteiger charge is 2.33. The van der Waals surface area contributed by atoms with E-state index in [1.165, 1.54) is 12.1 Å². The molecule has 0 radical (unpaired) electrons. The molecule has 0 spiro atoms. The van der Waals surface area contributed by atoms with Gasteiger partial charge in [-0.25, -0.2) is 0 Å². The zero-order valence-corrected chi connectivity index (χ0v) is 15.8. The van der Waals surface area contributed by atoms with E-state index in [0.717, 1.165) is 17.2 Å². The van der Waals surface area contributed by atoms with Gasteiger partial charge in [-0.15, -0.1) is 0 Å². The smallest absolute Gasteiger partial charge is 0.361 e. The van der Waals surface area contributed by atoms with Crippen LogP contribution in [0.2, 0.25) is 0 Å². The Morgan fingerprint density at radius 3 is 2.48 bits per heavy atom. The zero-order chi connectivity index (χ0) is 20.3. The molecule has 0 aliphatic heterocycles. The molecule has 3 N–H and O–H groups in total. The van der Waals surface area contributed by atoms with Gasteiger partial charge in [-0.2, -0.15) is 13.2 Å². The Balaban J connectivity index is 2.93. The summed E-state index contributed by atoms with van der Waals surface area (Å²) in [6, 6.07) is 4.22. The van der Waals surface area contributed by atoms with Gasteiger partial charge in [0.05, 0.1) is 5.56 Å². The number of aldehydes is 1. The van der Waals surface area contributed by atoms with Crippen molar-refractivity contribution in [2.45, 2.75) is 26.6 Å². The maximum atomic E-state index is 13.4. The van der Waals surface area contributed by atoms with Gasteiger partial charge in [-0.05, 0) is 55.8 Å². The summed E-state index contributed by atoms with van der Waals surface area (Å²) in [5.41, 5.74) is 1.65. The molecule has 1 rings (SSSR count). The molecule has 1 aromatic carbocycles. The van der Waals surface area contributed by atoms with Crippen molar-refractivity contribution in [1.29, 1.82) is 0 Å². The first-order valence-electron chi connectivity index (χ1n) is 8.57. The predicted octanol–water partition coefficient (Wildman–Crippen LogP) is 4.03. The monoisotopic (exact) mass is 381 g/mol. The number of alkyl halides is 3. The second kappa shape index (κ2) is 11.4. The number of hydrogen-bond acceptors (Lipinski definition) is 4. The molecule has 27 heavy (non-hydrogen) atoms. The summed E-state index contributed by atoms with van der Waals surface area (Å²) in [7, 11) is 1.79. The van der Waals surface area contributed by atoms with E-state index >= 15 is 0 Å². The number of likely N-dealkylation sites (N-methyl/N-ethyl adjacent to an activating group) is 1. The van der Waals surface area contributed by atoms with Gasteiger partial charge in [0.2, 0.25) is 0 Å². The highest BCUT2D eigenvalue weighted by molar-refractivity contribution is 5.65. The van der Waals surface area contributed by atoms with Crippen LogP contribution in [0.25, 0.3) is 0 Å². The summed E-state index contributed by atoms with van der Waals surface area (Å²) in [4.78, 5) is 10.3. The minimum absolute atomic E-state index is 0.149. The number of hydrogen-bond donors (Lipinski definition) is 3. The number of benzene rings is 1. The van der Waals surface area contributed by atoms with Crippen LogP contribution in [0.4, 0.5) is 18.9 Å². The average molecular weight is 381 g/mol. The fourth-order valence-corrected chi connectivity index (χ4v) is 2.20. The second-order valence-corrected chi connectivity index (χ2v) is 5.99. The molecule has 0 saturated heterocycles. The number of anilines is 1. The molecule has 0 amide bonds. The lowest BCUT2D eigenvalue weighted by atomic mass is 10.1. The van der Waals surface area contributed by atoms with Crippen LogP contribution in [0, 0.1) is 0 Å². The number of allylic oxidation sites excluding steroid dienone is 5. The zero-order valence-electron chi connectivity index (χ0n) is 15.8. The van der Waals surface area contributed by atoms with E-state index in [2.05, 4.69) is 16.0 Å². The Labute approximate surface area is 158 Å². The Morgan fingerprint density at radius 1 is 1.11 bits per heavy atom. The summed E-state index contributed by atoms with van der Waals surface area (Å²) >= 11 is 0. The van der Waals surface area contributed by atoms with Gasteiger partial charge in [0.15, 0.2) is 0 Å². The Kier molecular flexibility index (Phi) is 9.53. The highest BCUT2D eigenvalue weighted by atomic mass is 19.4. The minimum atomic E-state index is -4.42. The molecule has 0 atom stereocenters. The van der Waals surface area contributed by atoms with Gasteiger partial charge in [0.25, 0.3) is 0 Å². The first kappa shape index (κ1) is 22.7. The number of carbonyl (C=O) groups excluding carboxylic acids is 1.